The zero-order valence-corrected chi connectivity index (χ0v) is 30.7. The maximum Gasteiger partial charge on any atom is 0.141 e. The molecule has 3 heteroatoms. The molecule has 262 valence electrons. The minimum Gasteiger partial charge on any atom is -0.506 e. The molecule has 7 aromatic rings. The van der Waals surface area contributed by atoms with Crippen molar-refractivity contribution in [1.82, 2.24) is 0 Å². The molecule has 0 aromatic heterocycles. The van der Waals surface area contributed by atoms with Crippen molar-refractivity contribution in [3.63, 3.8) is 0 Å². The predicted octanol–water partition coefficient (Wildman–Crippen LogP) is 13.4. The number of fused-ring (bicyclic) bond motifs is 2. The lowest BCUT2D eigenvalue weighted by Gasteiger charge is -2.36. The molecule has 2 aliphatic carbocycles. The zero-order chi connectivity index (χ0) is 36.6. The molecule has 0 radical (unpaired) electrons. The summed E-state index contributed by atoms with van der Waals surface area (Å²) in [6.45, 7) is 4.23. The van der Waals surface area contributed by atoms with E-state index in [4.69, 9.17) is 0 Å². The van der Waals surface area contributed by atoms with Crippen molar-refractivity contribution < 1.29 is 5.11 Å². The highest BCUT2D eigenvalue weighted by Crippen LogP contribution is 2.58. The first kappa shape index (κ1) is 33.3. The van der Waals surface area contributed by atoms with Crippen LogP contribution in [0.2, 0.25) is 0 Å². The molecule has 1 N–H and O–H groups in total. The van der Waals surface area contributed by atoms with Crippen LogP contribution in [0.5, 0.6) is 5.75 Å². The highest BCUT2D eigenvalue weighted by Gasteiger charge is 2.47. The van der Waals surface area contributed by atoms with E-state index < -0.39 is 5.41 Å². The zero-order valence-electron chi connectivity index (χ0n) is 30.7. The fourth-order valence-electron chi connectivity index (χ4n) is 8.68. The lowest BCUT2D eigenvalue weighted by atomic mass is 9.66. The summed E-state index contributed by atoms with van der Waals surface area (Å²) in [7, 11) is 0. The van der Waals surface area contributed by atoms with Gasteiger partial charge in [0.15, 0.2) is 0 Å². The van der Waals surface area contributed by atoms with Crippen molar-refractivity contribution in [2.75, 3.05) is 9.80 Å². The minimum absolute atomic E-state index is 0.196. The SMILES string of the molecule is Cc1cccc(N(c2ccc(N(c3ccccc3)c3cccc(C)c3)c(O)c2)c2ccc3c(c2)C(c2ccccc2)(c2ccccc2)C2=C3CCC=C2)c1. The molecule has 0 spiro atoms. The highest BCUT2D eigenvalue weighted by molar-refractivity contribution is 5.91. The third-order valence-corrected chi connectivity index (χ3v) is 11.0. The van der Waals surface area contributed by atoms with Gasteiger partial charge >= 0.3 is 0 Å². The lowest BCUT2D eigenvalue weighted by molar-refractivity contribution is 0.476. The Bertz CT molecular complexity index is 2500. The molecule has 0 unspecified atom stereocenters. The van der Waals surface area contributed by atoms with Gasteiger partial charge < -0.3 is 14.9 Å². The monoisotopic (exact) mass is 698 g/mol. The van der Waals surface area contributed by atoms with Crippen molar-refractivity contribution in [2.45, 2.75) is 32.1 Å². The lowest BCUT2D eigenvalue weighted by Crippen LogP contribution is -2.29. The van der Waals surface area contributed by atoms with Gasteiger partial charge in [0.1, 0.15) is 5.75 Å². The van der Waals surface area contributed by atoms with Gasteiger partial charge in [-0.25, -0.2) is 0 Å². The van der Waals surface area contributed by atoms with Crippen LogP contribution in [0.1, 0.15) is 46.2 Å². The second-order valence-corrected chi connectivity index (χ2v) is 14.4. The largest absolute Gasteiger partial charge is 0.506 e. The Labute approximate surface area is 318 Å². The van der Waals surface area contributed by atoms with Gasteiger partial charge in [-0.2, -0.15) is 0 Å². The summed E-state index contributed by atoms with van der Waals surface area (Å²) in [5.74, 6) is 0.196. The Morgan fingerprint density at radius 3 is 1.65 bits per heavy atom. The van der Waals surface area contributed by atoms with E-state index in [9.17, 15) is 5.11 Å². The molecule has 0 atom stereocenters. The smallest absolute Gasteiger partial charge is 0.141 e. The van der Waals surface area contributed by atoms with Gasteiger partial charge in [0, 0.05) is 34.5 Å². The van der Waals surface area contributed by atoms with E-state index in [0.717, 1.165) is 46.8 Å². The minimum atomic E-state index is -0.478. The standard InChI is InChI=1S/C51H42N2O/c1-36-16-14-24-41(32-36)52(44-29-31-49(50(54)35-44)53(40-22-10-5-11-23-40)42-25-15-17-37(2)33-42)43-28-30-46-45-26-12-13-27-47(45)51(48(46)34-43,38-18-6-3-7-19-38)39-20-8-4-9-21-39/h3-11,13-25,27-35,54H,12,26H2,1-2H3. The van der Waals surface area contributed by atoms with E-state index in [-0.39, 0.29) is 5.75 Å². The van der Waals surface area contributed by atoms with Crippen LogP contribution < -0.4 is 9.80 Å². The molecule has 0 amide bonds. The van der Waals surface area contributed by atoms with Gasteiger partial charge in [-0.1, -0.05) is 121 Å². The molecule has 0 bridgehead atoms. The Morgan fingerprint density at radius 1 is 0.500 bits per heavy atom. The van der Waals surface area contributed by atoms with E-state index in [2.05, 4.69) is 181 Å². The molecule has 0 saturated heterocycles. The van der Waals surface area contributed by atoms with Crippen molar-refractivity contribution in [3.05, 3.63) is 227 Å². The van der Waals surface area contributed by atoms with Gasteiger partial charge in [0.05, 0.1) is 11.1 Å². The third kappa shape index (κ3) is 5.61. The molecule has 0 aliphatic heterocycles. The number of phenols is 1. The van der Waals surface area contributed by atoms with Crippen LogP contribution in [0.3, 0.4) is 0 Å². The van der Waals surface area contributed by atoms with E-state index in [1.807, 2.05) is 30.3 Å². The molecule has 2 aliphatic rings. The van der Waals surface area contributed by atoms with Crippen LogP contribution >= 0.6 is 0 Å². The number of aromatic hydroxyl groups is 1. The first-order valence-corrected chi connectivity index (χ1v) is 18.8. The second-order valence-electron chi connectivity index (χ2n) is 14.4. The Hall–Kier alpha value is -6.58. The van der Waals surface area contributed by atoms with Gasteiger partial charge in [-0.3, -0.25) is 0 Å². The number of para-hydroxylation sites is 1. The van der Waals surface area contributed by atoms with Crippen molar-refractivity contribution in [2.24, 2.45) is 0 Å². The van der Waals surface area contributed by atoms with Crippen molar-refractivity contribution >= 4 is 39.7 Å². The maximum absolute atomic E-state index is 12.0. The molecule has 54 heavy (non-hydrogen) atoms. The predicted molar refractivity (Wildman–Crippen MR) is 225 cm³/mol. The summed E-state index contributed by atoms with van der Waals surface area (Å²) in [4.78, 5) is 4.40. The number of benzene rings is 7. The van der Waals surface area contributed by atoms with Gasteiger partial charge in [0.25, 0.3) is 0 Å². The first-order chi connectivity index (χ1) is 26.5. The number of anilines is 6. The van der Waals surface area contributed by atoms with E-state index >= 15 is 0 Å². The number of hydrogen-bond donors (Lipinski definition) is 1. The molecule has 0 heterocycles. The normalized spacial score (nSPS) is 14.0. The maximum atomic E-state index is 12.0. The Balaban J connectivity index is 1.24. The van der Waals surface area contributed by atoms with Gasteiger partial charge in [-0.05, 0) is 132 Å². The fourth-order valence-corrected chi connectivity index (χ4v) is 8.68. The molecule has 0 saturated carbocycles. The van der Waals surface area contributed by atoms with Crippen LogP contribution in [0.25, 0.3) is 5.57 Å². The molecule has 9 rings (SSSR count). The van der Waals surface area contributed by atoms with E-state index in [1.54, 1.807) is 0 Å². The van der Waals surface area contributed by atoms with Crippen LogP contribution in [0.15, 0.2) is 194 Å². The summed E-state index contributed by atoms with van der Waals surface area (Å²) in [5.41, 5.74) is 15.3. The second kappa shape index (κ2) is 13.8. The average molecular weight is 699 g/mol. The molecule has 3 nitrogen and oxygen atoms in total. The number of allylic oxidation sites excluding steroid dienone is 4. The highest BCUT2D eigenvalue weighted by atomic mass is 16.3. The number of rotatable bonds is 8. The fraction of sp³-hybridized carbons (Fsp3) is 0.0980. The number of hydrogen-bond acceptors (Lipinski definition) is 3. The van der Waals surface area contributed by atoms with Crippen LogP contribution in [0, 0.1) is 13.8 Å². The Kier molecular flexibility index (Phi) is 8.48. The van der Waals surface area contributed by atoms with Gasteiger partial charge in [-0.15, -0.1) is 0 Å². The molecule has 7 aromatic carbocycles. The third-order valence-electron chi connectivity index (χ3n) is 11.0. The van der Waals surface area contributed by atoms with Gasteiger partial charge in [0.2, 0.25) is 0 Å². The summed E-state index contributed by atoms with van der Waals surface area (Å²) in [6.07, 6.45) is 6.75. The van der Waals surface area contributed by atoms with E-state index in [1.165, 1.54) is 39.0 Å². The Morgan fingerprint density at radius 2 is 1.04 bits per heavy atom. The van der Waals surface area contributed by atoms with E-state index in [0.29, 0.717) is 5.69 Å². The summed E-state index contributed by atoms with van der Waals surface area (Å²) >= 11 is 0. The summed E-state index contributed by atoms with van der Waals surface area (Å²) < 4.78 is 0. The van der Waals surface area contributed by atoms with Crippen molar-refractivity contribution in [3.8, 4) is 5.75 Å². The topological polar surface area (TPSA) is 26.7 Å². The number of aryl methyl sites for hydroxylation is 2. The molecular formula is C51H42N2O. The quantitative estimate of drug-likeness (QED) is 0.171. The number of nitrogens with zero attached hydrogens (tertiary/aromatic N) is 2. The summed E-state index contributed by atoms with van der Waals surface area (Å²) in [5, 5.41) is 12.0. The first-order valence-electron chi connectivity index (χ1n) is 18.8. The van der Waals surface area contributed by atoms with Crippen molar-refractivity contribution in [1.29, 1.82) is 0 Å². The average Bonchev–Trinajstić information content (AvgIpc) is 3.50. The van der Waals surface area contributed by atoms with Crippen LogP contribution in [-0.2, 0) is 5.41 Å². The number of phenolic OH excluding ortho intramolecular Hbond substituents is 1. The summed E-state index contributed by atoms with van der Waals surface area (Å²) in [6, 6.07) is 62.3. The molecule has 0 fully saturated rings. The molecular weight excluding hydrogens is 657 g/mol. The van der Waals surface area contributed by atoms with Crippen LogP contribution in [0.4, 0.5) is 34.1 Å². The van der Waals surface area contributed by atoms with Crippen LogP contribution in [-0.4, -0.2) is 5.11 Å².